The van der Waals surface area contributed by atoms with E-state index in [0.29, 0.717) is 51.4 Å². The van der Waals surface area contributed by atoms with Crippen LogP contribution in [0.25, 0.3) is 0 Å². The number of halogens is 2. The molecule has 3 N–H and O–H groups in total. The van der Waals surface area contributed by atoms with Gasteiger partial charge >= 0.3 is 0 Å². The molecule has 0 aromatic heterocycles. The van der Waals surface area contributed by atoms with Crippen molar-refractivity contribution < 1.29 is 14.3 Å². The normalized spacial score (nSPS) is 15.1. The molecule has 1 aliphatic heterocycles. The van der Waals surface area contributed by atoms with Crippen molar-refractivity contribution in [2.75, 3.05) is 52.2 Å². The summed E-state index contributed by atoms with van der Waals surface area (Å²) in [5, 5.41) is 2.93. The Labute approximate surface area is 179 Å². The van der Waals surface area contributed by atoms with Crippen LogP contribution in [0.15, 0.2) is 24.3 Å². The summed E-state index contributed by atoms with van der Waals surface area (Å²) in [5.41, 5.74) is 7.34. The largest absolute Gasteiger partial charge is 0.399 e. The highest BCUT2D eigenvalue weighted by Crippen LogP contribution is 2.11. The van der Waals surface area contributed by atoms with Crippen molar-refractivity contribution in [2.24, 2.45) is 0 Å². The SMILES string of the molecule is COCCCNC(=O)C(C)N1CCN(C(=O)Cc2ccc(N)cc2)CC1.Cl.Cl. The lowest BCUT2D eigenvalue weighted by Crippen LogP contribution is -2.55. The number of rotatable bonds is 8. The number of anilines is 1. The van der Waals surface area contributed by atoms with Gasteiger partial charge in [0.25, 0.3) is 0 Å². The van der Waals surface area contributed by atoms with E-state index in [1.807, 2.05) is 36.1 Å². The Morgan fingerprint density at radius 1 is 1.14 bits per heavy atom. The molecule has 1 heterocycles. The van der Waals surface area contributed by atoms with Gasteiger partial charge in [0.15, 0.2) is 0 Å². The Bertz CT molecular complexity index is 593. The maximum absolute atomic E-state index is 12.5. The van der Waals surface area contributed by atoms with E-state index < -0.39 is 0 Å². The molecule has 9 heteroatoms. The molecule has 28 heavy (non-hydrogen) atoms. The number of carbonyl (C=O) groups excluding carboxylic acids is 2. The molecule has 1 aliphatic rings. The molecular weight excluding hydrogens is 403 g/mol. The molecule has 0 bridgehead atoms. The lowest BCUT2D eigenvalue weighted by atomic mass is 10.1. The first kappa shape index (κ1) is 26.5. The topological polar surface area (TPSA) is 87.9 Å². The Morgan fingerprint density at radius 3 is 2.32 bits per heavy atom. The third-order valence-electron chi connectivity index (χ3n) is 4.75. The molecule has 1 fully saturated rings. The van der Waals surface area contributed by atoms with E-state index in [-0.39, 0.29) is 42.7 Å². The second-order valence-electron chi connectivity index (χ2n) is 6.65. The summed E-state index contributed by atoms with van der Waals surface area (Å²) in [6.07, 6.45) is 1.19. The second kappa shape index (κ2) is 13.6. The van der Waals surface area contributed by atoms with Gasteiger partial charge in [0.2, 0.25) is 11.8 Å². The maximum Gasteiger partial charge on any atom is 0.237 e. The van der Waals surface area contributed by atoms with Crippen LogP contribution < -0.4 is 11.1 Å². The van der Waals surface area contributed by atoms with E-state index in [9.17, 15) is 9.59 Å². The number of nitrogen functional groups attached to an aromatic ring is 1. The summed E-state index contributed by atoms with van der Waals surface area (Å²) in [7, 11) is 1.65. The van der Waals surface area contributed by atoms with Crippen LogP contribution in [-0.4, -0.2) is 74.1 Å². The van der Waals surface area contributed by atoms with E-state index in [4.69, 9.17) is 10.5 Å². The highest BCUT2D eigenvalue weighted by molar-refractivity contribution is 5.85. The maximum atomic E-state index is 12.5. The minimum atomic E-state index is -0.188. The quantitative estimate of drug-likeness (QED) is 0.475. The zero-order chi connectivity index (χ0) is 18.9. The van der Waals surface area contributed by atoms with Crippen LogP contribution in [0.5, 0.6) is 0 Å². The van der Waals surface area contributed by atoms with E-state index in [0.717, 1.165) is 12.0 Å². The van der Waals surface area contributed by atoms with Crippen molar-refractivity contribution in [3.05, 3.63) is 29.8 Å². The van der Waals surface area contributed by atoms with Crippen LogP contribution in [0.2, 0.25) is 0 Å². The Morgan fingerprint density at radius 2 is 1.75 bits per heavy atom. The van der Waals surface area contributed by atoms with Gasteiger partial charge in [-0.1, -0.05) is 12.1 Å². The molecule has 0 radical (unpaired) electrons. The molecule has 2 rings (SSSR count). The van der Waals surface area contributed by atoms with Gasteiger partial charge in [-0.2, -0.15) is 0 Å². The third-order valence-corrected chi connectivity index (χ3v) is 4.75. The zero-order valence-electron chi connectivity index (χ0n) is 16.6. The number of hydrogen-bond acceptors (Lipinski definition) is 5. The number of benzene rings is 1. The minimum Gasteiger partial charge on any atom is -0.399 e. The van der Waals surface area contributed by atoms with Crippen molar-refractivity contribution >= 4 is 42.3 Å². The second-order valence-corrected chi connectivity index (χ2v) is 6.65. The minimum absolute atomic E-state index is 0. The van der Waals surface area contributed by atoms with Gasteiger partial charge in [0, 0.05) is 52.1 Å². The van der Waals surface area contributed by atoms with Crippen molar-refractivity contribution in [2.45, 2.75) is 25.8 Å². The number of ether oxygens (including phenoxy) is 1. The number of carbonyl (C=O) groups is 2. The fraction of sp³-hybridized carbons (Fsp3) is 0.579. The molecule has 0 saturated carbocycles. The fourth-order valence-electron chi connectivity index (χ4n) is 3.02. The smallest absolute Gasteiger partial charge is 0.237 e. The number of nitrogens with two attached hydrogens (primary N) is 1. The van der Waals surface area contributed by atoms with E-state index in [1.165, 1.54) is 0 Å². The Balaban J connectivity index is 0.00000364. The van der Waals surface area contributed by atoms with Crippen molar-refractivity contribution in [3.8, 4) is 0 Å². The summed E-state index contributed by atoms with van der Waals surface area (Å²) in [5.74, 6) is 0.147. The standard InChI is InChI=1S/C19H30N4O3.2ClH/c1-15(19(25)21-8-3-13-26-2)22-9-11-23(12-10-22)18(24)14-16-4-6-17(20)7-5-16;;/h4-7,15H,3,8-14,20H2,1-2H3,(H,21,25);2*1H. The number of hydrogen-bond donors (Lipinski definition) is 2. The molecule has 2 amide bonds. The predicted molar refractivity (Wildman–Crippen MR) is 116 cm³/mol. The first-order chi connectivity index (χ1) is 12.5. The van der Waals surface area contributed by atoms with E-state index in [1.54, 1.807) is 7.11 Å². The molecule has 1 aromatic carbocycles. The number of piperazine rings is 1. The molecule has 1 unspecified atom stereocenters. The molecule has 1 aromatic rings. The summed E-state index contributed by atoms with van der Waals surface area (Å²) >= 11 is 0. The first-order valence-corrected chi connectivity index (χ1v) is 9.14. The van der Waals surface area contributed by atoms with Gasteiger partial charge in [0.1, 0.15) is 0 Å². The van der Waals surface area contributed by atoms with Gasteiger partial charge in [-0.05, 0) is 31.0 Å². The Hall–Kier alpha value is -1.54. The summed E-state index contributed by atoms with van der Waals surface area (Å²) < 4.78 is 4.98. The van der Waals surface area contributed by atoms with Crippen LogP contribution in [0.1, 0.15) is 18.9 Å². The van der Waals surface area contributed by atoms with Crippen molar-refractivity contribution in [3.63, 3.8) is 0 Å². The van der Waals surface area contributed by atoms with Gasteiger partial charge in [-0.3, -0.25) is 14.5 Å². The molecule has 1 atom stereocenters. The van der Waals surface area contributed by atoms with Gasteiger partial charge in [-0.15, -0.1) is 24.8 Å². The predicted octanol–water partition coefficient (Wildman–Crippen LogP) is 1.34. The molecule has 160 valence electrons. The third kappa shape index (κ3) is 8.22. The molecule has 0 spiro atoms. The molecular formula is C19H32Cl2N4O3. The molecule has 7 nitrogen and oxygen atoms in total. The fourth-order valence-corrected chi connectivity index (χ4v) is 3.02. The van der Waals surface area contributed by atoms with Gasteiger partial charge in [0.05, 0.1) is 12.5 Å². The highest BCUT2D eigenvalue weighted by atomic mass is 35.5. The summed E-state index contributed by atoms with van der Waals surface area (Å²) in [6, 6.07) is 7.21. The average Bonchev–Trinajstić information content (AvgIpc) is 2.66. The molecule has 1 saturated heterocycles. The number of amides is 2. The lowest BCUT2D eigenvalue weighted by Gasteiger charge is -2.37. The monoisotopic (exact) mass is 434 g/mol. The summed E-state index contributed by atoms with van der Waals surface area (Å²) in [6.45, 7) is 5.89. The Kier molecular flexibility index (Phi) is 12.9. The average molecular weight is 435 g/mol. The number of nitrogens with zero attached hydrogens (tertiary/aromatic N) is 2. The van der Waals surface area contributed by atoms with Crippen LogP contribution in [0.4, 0.5) is 5.69 Å². The van der Waals surface area contributed by atoms with Crippen LogP contribution in [-0.2, 0) is 20.7 Å². The first-order valence-electron chi connectivity index (χ1n) is 9.14. The van der Waals surface area contributed by atoms with Crippen LogP contribution in [0, 0.1) is 0 Å². The molecule has 0 aliphatic carbocycles. The summed E-state index contributed by atoms with van der Waals surface area (Å²) in [4.78, 5) is 28.7. The number of methoxy groups -OCH3 is 1. The van der Waals surface area contributed by atoms with E-state index >= 15 is 0 Å². The van der Waals surface area contributed by atoms with Crippen molar-refractivity contribution in [1.82, 2.24) is 15.1 Å². The highest BCUT2D eigenvalue weighted by Gasteiger charge is 2.27. The van der Waals surface area contributed by atoms with Gasteiger partial charge < -0.3 is 20.7 Å². The van der Waals surface area contributed by atoms with Gasteiger partial charge in [-0.25, -0.2) is 0 Å². The lowest BCUT2D eigenvalue weighted by molar-refractivity contribution is -0.133. The number of nitrogens with one attached hydrogen (secondary N) is 1. The zero-order valence-corrected chi connectivity index (χ0v) is 18.2. The van der Waals surface area contributed by atoms with Crippen LogP contribution >= 0.6 is 24.8 Å². The van der Waals surface area contributed by atoms with E-state index in [2.05, 4.69) is 10.2 Å². The van der Waals surface area contributed by atoms with Crippen molar-refractivity contribution in [1.29, 1.82) is 0 Å². The van der Waals surface area contributed by atoms with Crippen LogP contribution in [0.3, 0.4) is 0 Å².